The molecule has 7 nitrogen and oxygen atoms in total. The molecule has 2 aromatic heterocycles. The van der Waals surface area contributed by atoms with Crippen LogP contribution in [0.25, 0.3) is 0 Å². The first-order valence-corrected chi connectivity index (χ1v) is 7.14. The number of hydrogen-bond acceptors (Lipinski definition) is 5. The maximum absolute atomic E-state index is 3.78. The first-order chi connectivity index (χ1) is 10.7. The van der Waals surface area contributed by atoms with E-state index in [-0.39, 0.29) is 1010 Å². The summed E-state index contributed by atoms with van der Waals surface area (Å²) < 4.78 is 3.67. The Morgan fingerprint density at radius 3 is 0.585 bits per heavy atom. The molecular formula is C15H29N7Y31-2. The van der Waals surface area contributed by atoms with Crippen molar-refractivity contribution >= 4 is 12.4 Å². The molecule has 0 amide bonds. The van der Waals surface area contributed by atoms with Crippen molar-refractivity contribution in [1.29, 1.82) is 0 Å². The van der Waals surface area contributed by atoms with Crippen LogP contribution >= 0.6 is 0 Å². The second-order valence-electron chi connectivity index (χ2n) is 3.00. The zero-order chi connectivity index (χ0) is 17.6. The third-order valence-electron chi connectivity index (χ3n) is 1.42. The van der Waals surface area contributed by atoms with Gasteiger partial charge in [-0.3, -0.25) is 0 Å². The smallest absolute Gasteiger partial charge is 0.119 e. The van der Waals surface area contributed by atoms with Crippen LogP contribution in [0.15, 0.2) is 41.6 Å². The fraction of sp³-hybridized carbons (Fsp3) is 0.533. The van der Waals surface area contributed by atoms with Gasteiger partial charge in [-0.25, -0.2) is 4.98 Å². The number of aromatic nitrogens is 5. The van der Waals surface area contributed by atoms with Gasteiger partial charge in [0.25, 0.3) is 0 Å². The van der Waals surface area contributed by atoms with Gasteiger partial charge in [-0.1, -0.05) is 27.7 Å². The standard InChI is InChI=1S/2C4H6N2.C3H5N3.2C2H6.31Y/c1-6-3-2-5-4-6;1-3-5-6-4-2;1-6-2-4-5-3-6;2*1-2;;;;;;;;;;;;;;;;;;;;;;;;;;;;;;;/h2-4H,1H3;1-2H3;2-3H,1H3;2*1-2H3;;;;;;;;;;;;;;;;;;;;;;;;;;;;;;;/q;-2;;;;;;;;;;;;;;;;;;;;;;;;;;;;;;;;;;. The van der Waals surface area contributed by atoms with E-state index in [1.54, 1.807) is 43.6 Å². The second kappa shape index (κ2) is 232. The summed E-state index contributed by atoms with van der Waals surface area (Å²) >= 11 is 0. The van der Waals surface area contributed by atoms with Crippen molar-refractivity contribution in [3.8, 4) is 0 Å². The normalized spacial score (nSPS) is 3.55. The summed E-state index contributed by atoms with van der Waals surface area (Å²) in [6.45, 7) is 11.4. The van der Waals surface area contributed by atoms with Crippen molar-refractivity contribution in [3.05, 3.63) is 31.4 Å². The molecule has 0 unspecified atom stereocenters. The summed E-state index contributed by atoms with van der Waals surface area (Å²) in [5.74, 6) is 0. The fourth-order valence-corrected chi connectivity index (χ4v) is 0.678. The summed E-state index contributed by atoms with van der Waals surface area (Å²) in [5, 5.41) is 13.8. The van der Waals surface area contributed by atoms with Gasteiger partial charge in [-0.15, -0.1) is 10.2 Å². The van der Waals surface area contributed by atoms with E-state index in [0.717, 1.165) is 0 Å². The predicted molar refractivity (Wildman–Crippen MR) is 93.1 cm³/mol. The van der Waals surface area contributed by atoms with Crippen molar-refractivity contribution < 1.29 is 1010 Å². The molecule has 38 heteroatoms. The molecule has 0 atom stereocenters. The van der Waals surface area contributed by atoms with Gasteiger partial charge < -0.3 is 31.8 Å². The Bertz CT molecular complexity index is 426. The number of imidazole rings is 1. The van der Waals surface area contributed by atoms with Gasteiger partial charge in [0.05, 0.1) is 6.33 Å². The number of nitrogens with zero attached hydrogens (tertiary/aromatic N) is 7. The van der Waals surface area contributed by atoms with E-state index in [2.05, 4.69) is 37.8 Å². The SMILES string of the molecule is CC.CC.C[C-]=NN=[C-]C.Cn1ccnc1.Cn1cnnc1.[Y].[Y].[Y].[Y].[Y].[Y].[Y].[Y].[Y].[Y].[Y].[Y].[Y].[Y].[Y].[Y].[Y].[Y].[Y].[Y].[Y].[Y].[Y].[Y].[Y].[Y].[Y].[Y].[Y].[Y].[Y]. The Morgan fingerprint density at radius 2 is 0.528 bits per heavy atom. The van der Waals surface area contributed by atoms with Crippen LogP contribution < -0.4 is 0 Å². The van der Waals surface area contributed by atoms with Crippen molar-refractivity contribution in [2.75, 3.05) is 0 Å². The van der Waals surface area contributed by atoms with Gasteiger partial charge in [-0.05, 0) is 0 Å². The summed E-state index contributed by atoms with van der Waals surface area (Å²) in [5.41, 5.74) is 0. The van der Waals surface area contributed by atoms with Gasteiger partial charge in [0, 0.05) is 1040 Å². The van der Waals surface area contributed by atoms with Gasteiger partial charge in [0.2, 0.25) is 0 Å². The maximum Gasteiger partial charge on any atom is 0.119 e. The Labute approximate surface area is 1110 Å². The Balaban J connectivity index is -0.00000000238. The average Bonchev–Trinajstić information content (AvgIpc) is 3.24. The van der Waals surface area contributed by atoms with E-state index >= 15 is 0 Å². The van der Waals surface area contributed by atoms with Crippen LogP contribution in [0.1, 0.15) is 41.5 Å². The van der Waals surface area contributed by atoms with Crippen molar-refractivity contribution in [2.45, 2.75) is 41.5 Å². The minimum absolute atomic E-state index is 0. The molecule has 0 fully saturated rings. The largest absolute Gasteiger partial charge is 0.414 e. The number of rotatable bonds is 1. The third kappa shape index (κ3) is 235. The van der Waals surface area contributed by atoms with E-state index in [9.17, 15) is 0 Å². The summed E-state index contributed by atoms with van der Waals surface area (Å²) in [6.07, 6.45) is 13.6. The topological polar surface area (TPSA) is 73.2 Å². The first-order valence-electron chi connectivity index (χ1n) is 7.14. The molecule has 0 bridgehead atoms. The summed E-state index contributed by atoms with van der Waals surface area (Å²) in [7, 11) is 3.81. The van der Waals surface area contributed by atoms with Crippen LogP contribution in [0.3, 0.4) is 0 Å². The van der Waals surface area contributed by atoms with E-state index in [4.69, 9.17) is 0 Å². The molecule has 2 heterocycles. The van der Waals surface area contributed by atoms with Crippen molar-refractivity contribution in [1.82, 2.24) is 24.3 Å². The van der Waals surface area contributed by atoms with E-state index in [0.29, 0.717) is 0 Å². The molecule has 0 aromatic carbocycles. The number of aryl methyl sites for hydroxylation is 2. The first kappa shape index (κ1) is 231. The zero-order valence-electron chi connectivity index (χ0n) is 32.9. The van der Waals surface area contributed by atoms with Crippen LogP contribution in [0.5, 0.6) is 0 Å². The summed E-state index contributed by atoms with van der Waals surface area (Å²) in [4.78, 5) is 3.78. The van der Waals surface area contributed by atoms with Crippen LogP contribution in [0, 0.1) is 0 Å². The molecule has 0 aliphatic heterocycles. The molecule has 0 spiro atoms. The molecule has 53 heavy (non-hydrogen) atoms. The van der Waals surface area contributed by atoms with Gasteiger partial charge >= 0.3 is 0 Å². The van der Waals surface area contributed by atoms with Crippen LogP contribution in [0.4, 0.5) is 0 Å². The van der Waals surface area contributed by atoms with E-state index < -0.39 is 0 Å². The molecule has 219 valence electrons. The summed E-state index contributed by atoms with van der Waals surface area (Å²) in [6, 6.07) is 0. The Kier molecular flexibility index (Phi) is 1010. The van der Waals surface area contributed by atoms with Crippen LogP contribution in [-0.2, 0) is 1030 Å². The molecule has 0 saturated carbocycles. The second-order valence-corrected chi connectivity index (χ2v) is 3.00. The maximum atomic E-state index is 3.78. The van der Waals surface area contributed by atoms with Crippen molar-refractivity contribution in [3.63, 3.8) is 0 Å². The monoisotopic (exact) mass is 3060 g/mol. The molecule has 0 aliphatic carbocycles. The Hall–Kier alpha value is 31.9. The Morgan fingerprint density at radius 1 is 0.340 bits per heavy atom. The zero-order valence-corrected chi connectivity index (χ0v) is 121. The fourth-order valence-electron chi connectivity index (χ4n) is 0.678. The average molecular weight is 3060 g/mol. The number of hydrogen-bond donors (Lipinski definition) is 0. The van der Waals surface area contributed by atoms with Gasteiger partial charge in [-0.2, -0.15) is 13.8 Å². The van der Waals surface area contributed by atoms with Crippen molar-refractivity contribution in [2.24, 2.45) is 24.3 Å². The predicted octanol–water partition coefficient (Wildman–Crippen LogP) is 3.05. The molecule has 2 rings (SSSR count). The molecule has 31 radical (unpaired) electrons. The molecule has 2 aromatic rings. The van der Waals surface area contributed by atoms with Crippen LogP contribution in [0.2, 0.25) is 0 Å². The van der Waals surface area contributed by atoms with Gasteiger partial charge in [0.15, 0.2) is 0 Å². The van der Waals surface area contributed by atoms with E-state index in [1.807, 2.05) is 52.6 Å². The minimum Gasteiger partial charge on any atom is -0.414 e. The van der Waals surface area contributed by atoms with Crippen LogP contribution in [-0.4, -0.2) is 36.7 Å². The molecule has 0 saturated heterocycles. The minimum atomic E-state index is 0. The molecule has 0 aliphatic rings. The quantitative estimate of drug-likeness (QED) is 0.251. The molecular weight excluding hydrogens is 3030 g/mol. The van der Waals surface area contributed by atoms with Gasteiger partial charge in [0.1, 0.15) is 12.7 Å². The molecule has 0 N–H and O–H groups in total. The van der Waals surface area contributed by atoms with E-state index in [1.165, 1.54) is 0 Å². The third-order valence-corrected chi connectivity index (χ3v) is 1.42.